The van der Waals surface area contributed by atoms with Gasteiger partial charge in [0.2, 0.25) is 5.91 Å². The molecule has 1 aromatic heterocycles. The number of benzene rings is 1. The zero-order valence-electron chi connectivity index (χ0n) is 11.7. The van der Waals surface area contributed by atoms with Gasteiger partial charge >= 0.3 is 0 Å². The third-order valence-corrected chi connectivity index (χ3v) is 5.68. The van der Waals surface area contributed by atoms with Gasteiger partial charge in [0.15, 0.2) is 0 Å². The molecule has 0 saturated carbocycles. The van der Waals surface area contributed by atoms with Crippen LogP contribution in [0, 0.1) is 6.92 Å². The van der Waals surface area contributed by atoms with Gasteiger partial charge in [-0.3, -0.25) is 9.52 Å². The molecule has 1 amide bonds. The summed E-state index contributed by atoms with van der Waals surface area (Å²) in [5.41, 5.74) is 1.59. The number of carbonyl (C=O) groups is 1. The summed E-state index contributed by atoms with van der Waals surface area (Å²) in [6, 6.07) is 10.4. The van der Waals surface area contributed by atoms with Crippen molar-refractivity contribution in [2.45, 2.75) is 24.6 Å². The Morgan fingerprint density at radius 3 is 2.43 bits per heavy atom. The second kappa shape index (κ2) is 6.28. The number of aryl methyl sites for hydroxylation is 1. The van der Waals surface area contributed by atoms with Crippen LogP contribution in [0.2, 0.25) is 0 Å². The monoisotopic (exact) mass is 324 g/mol. The van der Waals surface area contributed by atoms with Crippen LogP contribution in [0.15, 0.2) is 40.6 Å². The molecule has 0 atom stereocenters. The SMILES string of the molecule is CC(=O)NCc1ccc(S(=O)(=O)Nc2ccc(C)cc2)s1. The molecular formula is C14H16N2O3S2. The van der Waals surface area contributed by atoms with Gasteiger partial charge in [0.25, 0.3) is 10.0 Å². The number of anilines is 1. The lowest BCUT2D eigenvalue weighted by Crippen LogP contribution is -2.18. The van der Waals surface area contributed by atoms with E-state index in [9.17, 15) is 13.2 Å². The summed E-state index contributed by atoms with van der Waals surface area (Å²) >= 11 is 1.14. The van der Waals surface area contributed by atoms with Crippen LogP contribution in [0.5, 0.6) is 0 Å². The van der Waals surface area contributed by atoms with Crippen molar-refractivity contribution in [3.8, 4) is 0 Å². The molecule has 7 heteroatoms. The molecule has 5 nitrogen and oxygen atoms in total. The van der Waals surface area contributed by atoms with Gasteiger partial charge in [-0.15, -0.1) is 11.3 Å². The maximum Gasteiger partial charge on any atom is 0.271 e. The van der Waals surface area contributed by atoms with E-state index < -0.39 is 10.0 Å². The van der Waals surface area contributed by atoms with Crippen LogP contribution in [-0.2, 0) is 21.4 Å². The molecular weight excluding hydrogens is 308 g/mol. The largest absolute Gasteiger partial charge is 0.351 e. The van der Waals surface area contributed by atoms with Crippen molar-refractivity contribution in [1.82, 2.24) is 5.32 Å². The highest BCUT2D eigenvalue weighted by Gasteiger charge is 2.17. The van der Waals surface area contributed by atoms with Gasteiger partial charge in [0.05, 0.1) is 6.54 Å². The van der Waals surface area contributed by atoms with Crippen LogP contribution in [0.1, 0.15) is 17.4 Å². The van der Waals surface area contributed by atoms with Crippen molar-refractivity contribution in [1.29, 1.82) is 0 Å². The molecule has 0 aliphatic heterocycles. The summed E-state index contributed by atoms with van der Waals surface area (Å²) in [5, 5.41) is 2.64. The molecule has 2 N–H and O–H groups in total. The van der Waals surface area contributed by atoms with E-state index in [2.05, 4.69) is 10.0 Å². The maximum atomic E-state index is 12.2. The normalized spacial score (nSPS) is 11.1. The third-order valence-electron chi connectivity index (χ3n) is 2.72. The number of amides is 1. The molecule has 0 spiro atoms. The van der Waals surface area contributed by atoms with Crippen molar-refractivity contribution in [2.75, 3.05) is 4.72 Å². The predicted octanol–water partition coefficient (Wildman–Crippen LogP) is 2.49. The first-order valence-electron chi connectivity index (χ1n) is 6.29. The molecule has 0 saturated heterocycles. The maximum absolute atomic E-state index is 12.2. The third kappa shape index (κ3) is 4.30. The van der Waals surface area contributed by atoms with Crippen LogP contribution in [0.25, 0.3) is 0 Å². The Labute approximate surface area is 128 Å². The van der Waals surface area contributed by atoms with Crippen LogP contribution in [0.4, 0.5) is 5.69 Å². The first kappa shape index (κ1) is 15.5. The predicted molar refractivity (Wildman–Crippen MR) is 83.8 cm³/mol. The lowest BCUT2D eigenvalue weighted by Gasteiger charge is -2.06. The Morgan fingerprint density at radius 2 is 1.81 bits per heavy atom. The number of thiophene rings is 1. The lowest BCUT2D eigenvalue weighted by molar-refractivity contribution is -0.119. The van der Waals surface area contributed by atoms with E-state index >= 15 is 0 Å². The van der Waals surface area contributed by atoms with Crippen molar-refractivity contribution < 1.29 is 13.2 Å². The number of sulfonamides is 1. The van der Waals surface area contributed by atoms with Gasteiger partial charge in [0, 0.05) is 17.5 Å². The molecule has 0 aliphatic carbocycles. The summed E-state index contributed by atoms with van der Waals surface area (Å²) in [6.45, 7) is 3.69. The number of hydrogen-bond donors (Lipinski definition) is 2. The molecule has 2 rings (SSSR count). The smallest absolute Gasteiger partial charge is 0.271 e. The average Bonchev–Trinajstić information content (AvgIpc) is 2.88. The molecule has 21 heavy (non-hydrogen) atoms. The minimum atomic E-state index is -3.59. The van der Waals surface area contributed by atoms with Gasteiger partial charge < -0.3 is 5.32 Å². The van der Waals surface area contributed by atoms with Gasteiger partial charge in [-0.05, 0) is 31.2 Å². The van der Waals surface area contributed by atoms with Gasteiger partial charge in [0.1, 0.15) is 4.21 Å². The summed E-state index contributed by atoms with van der Waals surface area (Å²) in [6.07, 6.45) is 0. The van der Waals surface area contributed by atoms with Crippen LogP contribution in [-0.4, -0.2) is 14.3 Å². The molecule has 0 fully saturated rings. The molecule has 1 heterocycles. The van der Waals surface area contributed by atoms with Gasteiger partial charge in [-0.1, -0.05) is 17.7 Å². The zero-order valence-corrected chi connectivity index (χ0v) is 13.3. The van der Waals surface area contributed by atoms with Crippen LogP contribution in [0.3, 0.4) is 0 Å². The number of nitrogens with one attached hydrogen (secondary N) is 2. The van der Waals surface area contributed by atoms with E-state index in [0.717, 1.165) is 21.8 Å². The van der Waals surface area contributed by atoms with E-state index in [1.807, 2.05) is 19.1 Å². The minimum absolute atomic E-state index is 0.148. The highest BCUT2D eigenvalue weighted by atomic mass is 32.2. The van der Waals surface area contributed by atoms with Gasteiger partial charge in [-0.2, -0.15) is 0 Å². The Morgan fingerprint density at radius 1 is 1.14 bits per heavy atom. The number of rotatable bonds is 5. The molecule has 0 unspecified atom stereocenters. The van der Waals surface area contributed by atoms with Crippen molar-refractivity contribution >= 4 is 33.0 Å². The Balaban J connectivity index is 2.12. The Hall–Kier alpha value is -1.86. The van der Waals surface area contributed by atoms with E-state index in [1.54, 1.807) is 24.3 Å². The topological polar surface area (TPSA) is 75.3 Å². The first-order valence-corrected chi connectivity index (χ1v) is 8.59. The molecule has 0 radical (unpaired) electrons. The second-order valence-corrected chi connectivity index (χ2v) is 7.68. The van der Waals surface area contributed by atoms with Crippen molar-refractivity contribution in [3.05, 3.63) is 46.8 Å². The highest BCUT2D eigenvalue weighted by Crippen LogP contribution is 2.24. The zero-order chi connectivity index (χ0) is 15.5. The Kier molecular flexibility index (Phi) is 4.64. The van der Waals surface area contributed by atoms with Crippen LogP contribution >= 0.6 is 11.3 Å². The Bertz CT molecular complexity index is 734. The molecule has 0 bridgehead atoms. The summed E-state index contributed by atoms with van der Waals surface area (Å²) in [4.78, 5) is 11.6. The van der Waals surface area contributed by atoms with E-state index in [1.165, 1.54) is 6.92 Å². The highest BCUT2D eigenvalue weighted by molar-refractivity contribution is 7.94. The quantitative estimate of drug-likeness (QED) is 0.887. The van der Waals surface area contributed by atoms with Crippen LogP contribution < -0.4 is 10.0 Å². The molecule has 2 aromatic rings. The number of hydrogen-bond acceptors (Lipinski definition) is 4. The lowest BCUT2D eigenvalue weighted by atomic mass is 10.2. The van der Waals surface area contributed by atoms with Crippen molar-refractivity contribution in [2.24, 2.45) is 0 Å². The fourth-order valence-electron chi connectivity index (χ4n) is 1.64. The van der Waals surface area contributed by atoms with E-state index in [-0.39, 0.29) is 10.1 Å². The van der Waals surface area contributed by atoms with E-state index in [0.29, 0.717) is 12.2 Å². The standard InChI is InChI=1S/C14H16N2O3S2/c1-10-3-5-12(6-4-10)16-21(18,19)14-8-7-13(20-14)9-15-11(2)17/h3-8,16H,9H2,1-2H3,(H,15,17). The van der Waals surface area contributed by atoms with E-state index in [4.69, 9.17) is 0 Å². The first-order chi connectivity index (χ1) is 9.87. The number of carbonyl (C=O) groups excluding carboxylic acids is 1. The van der Waals surface area contributed by atoms with Crippen molar-refractivity contribution in [3.63, 3.8) is 0 Å². The second-order valence-electron chi connectivity index (χ2n) is 4.60. The summed E-state index contributed by atoms with van der Waals surface area (Å²) < 4.78 is 27.3. The van der Waals surface area contributed by atoms with Gasteiger partial charge in [-0.25, -0.2) is 8.42 Å². The molecule has 0 aliphatic rings. The minimum Gasteiger partial charge on any atom is -0.351 e. The molecule has 112 valence electrons. The average molecular weight is 324 g/mol. The summed E-state index contributed by atoms with van der Waals surface area (Å²) in [5.74, 6) is -0.148. The fourth-order valence-corrected chi connectivity index (χ4v) is 3.99. The fraction of sp³-hybridized carbons (Fsp3) is 0.214. The summed E-state index contributed by atoms with van der Waals surface area (Å²) in [7, 11) is -3.59. The molecule has 1 aromatic carbocycles.